The summed E-state index contributed by atoms with van der Waals surface area (Å²) < 4.78 is 34.5. The van der Waals surface area contributed by atoms with Crippen LogP contribution in [0.4, 0.5) is 8.78 Å². The molecule has 1 aromatic heterocycles. The van der Waals surface area contributed by atoms with Crippen molar-refractivity contribution in [2.24, 2.45) is 0 Å². The SMILES string of the molecule is O=c1[nH]c(O)c([C@@H]2CCc3cc(Oc4ccc(OC(F)F)cc4)ccc32)s1. The van der Waals surface area contributed by atoms with Gasteiger partial charge in [-0.15, -0.1) is 0 Å². The van der Waals surface area contributed by atoms with Crippen molar-refractivity contribution >= 4 is 11.3 Å². The van der Waals surface area contributed by atoms with Crippen LogP contribution in [0.1, 0.15) is 28.3 Å². The van der Waals surface area contributed by atoms with E-state index >= 15 is 0 Å². The Hall–Kier alpha value is -2.87. The highest BCUT2D eigenvalue weighted by atomic mass is 32.1. The molecule has 27 heavy (non-hydrogen) atoms. The second-order valence-corrected chi connectivity index (χ2v) is 7.15. The summed E-state index contributed by atoms with van der Waals surface area (Å²) in [7, 11) is 0. The van der Waals surface area contributed by atoms with Crippen molar-refractivity contribution in [1.82, 2.24) is 4.98 Å². The van der Waals surface area contributed by atoms with Crippen LogP contribution < -0.4 is 14.3 Å². The molecule has 1 aliphatic carbocycles. The molecule has 0 unspecified atom stereocenters. The largest absolute Gasteiger partial charge is 0.494 e. The number of fused-ring (bicyclic) bond motifs is 1. The summed E-state index contributed by atoms with van der Waals surface area (Å²) in [5, 5.41) is 9.92. The lowest BCUT2D eigenvalue weighted by atomic mass is 10.00. The lowest BCUT2D eigenvalue weighted by molar-refractivity contribution is -0.0498. The monoisotopic (exact) mass is 391 g/mol. The minimum absolute atomic E-state index is 0.0104. The molecular weight excluding hydrogens is 376 g/mol. The average molecular weight is 391 g/mol. The maximum absolute atomic E-state index is 12.2. The van der Waals surface area contributed by atoms with Crippen LogP contribution in [0.5, 0.6) is 23.1 Å². The van der Waals surface area contributed by atoms with Crippen molar-refractivity contribution in [2.45, 2.75) is 25.4 Å². The first kappa shape index (κ1) is 17.5. The second kappa shape index (κ2) is 7.03. The molecule has 0 amide bonds. The minimum Gasteiger partial charge on any atom is -0.494 e. The molecule has 4 rings (SSSR count). The van der Waals surface area contributed by atoms with E-state index in [4.69, 9.17) is 4.74 Å². The van der Waals surface area contributed by atoms with Gasteiger partial charge in [0, 0.05) is 5.92 Å². The number of H-pyrrole nitrogens is 1. The van der Waals surface area contributed by atoms with E-state index in [0.717, 1.165) is 35.3 Å². The highest BCUT2D eigenvalue weighted by Crippen LogP contribution is 2.43. The van der Waals surface area contributed by atoms with Gasteiger partial charge in [-0.2, -0.15) is 8.78 Å². The van der Waals surface area contributed by atoms with Crippen molar-refractivity contribution in [2.75, 3.05) is 0 Å². The van der Waals surface area contributed by atoms with E-state index in [9.17, 15) is 18.7 Å². The summed E-state index contributed by atoms with van der Waals surface area (Å²) in [6.07, 6.45) is 1.61. The Morgan fingerprint density at radius 3 is 2.48 bits per heavy atom. The fourth-order valence-corrected chi connectivity index (χ4v) is 4.21. The summed E-state index contributed by atoms with van der Waals surface area (Å²) in [6, 6.07) is 11.6. The molecule has 8 heteroatoms. The predicted molar refractivity (Wildman–Crippen MR) is 96.4 cm³/mol. The van der Waals surface area contributed by atoms with E-state index in [-0.39, 0.29) is 22.4 Å². The Morgan fingerprint density at radius 2 is 1.81 bits per heavy atom. The molecule has 0 bridgehead atoms. The van der Waals surface area contributed by atoms with Gasteiger partial charge < -0.3 is 14.6 Å². The van der Waals surface area contributed by atoms with Gasteiger partial charge in [-0.1, -0.05) is 17.4 Å². The summed E-state index contributed by atoms with van der Waals surface area (Å²) in [5.74, 6) is 1.13. The fraction of sp³-hybridized carbons (Fsp3) is 0.211. The number of rotatable bonds is 5. The van der Waals surface area contributed by atoms with E-state index in [1.807, 2.05) is 18.2 Å². The van der Waals surface area contributed by atoms with Crippen LogP contribution in [0.25, 0.3) is 0 Å². The number of benzene rings is 2. The Kier molecular flexibility index (Phi) is 4.57. The predicted octanol–water partition coefficient (Wildman–Crippen LogP) is 4.61. The normalized spacial score (nSPS) is 15.7. The molecule has 2 aromatic carbocycles. The Morgan fingerprint density at radius 1 is 1.11 bits per heavy atom. The summed E-state index contributed by atoms with van der Waals surface area (Å²) in [5.41, 5.74) is 2.16. The van der Waals surface area contributed by atoms with Gasteiger partial charge in [-0.25, -0.2) is 0 Å². The third-order valence-electron chi connectivity index (χ3n) is 4.45. The number of thiazole rings is 1. The molecule has 1 aliphatic rings. The molecular formula is C19H15F2NO4S. The molecule has 0 fully saturated rings. The first-order chi connectivity index (χ1) is 13.0. The Labute approximate surface area is 156 Å². The summed E-state index contributed by atoms with van der Waals surface area (Å²) in [6.45, 7) is -2.86. The summed E-state index contributed by atoms with van der Waals surface area (Å²) in [4.78, 5) is 14.3. The molecule has 1 heterocycles. The van der Waals surface area contributed by atoms with E-state index in [1.54, 1.807) is 12.1 Å². The van der Waals surface area contributed by atoms with Crippen LogP contribution in [-0.4, -0.2) is 16.7 Å². The Bertz CT molecular complexity index is 1010. The van der Waals surface area contributed by atoms with Gasteiger partial charge in [0.1, 0.15) is 17.2 Å². The number of alkyl halides is 2. The topological polar surface area (TPSA) is 71.6 Å². The zero-order chi connectivity index (χ0) is 19.0. The molecule has 1 atom stereocenters. The van der Waals surface area contributed by atoms with Crippen molar-refractivity contribution in [3.05, 3.63) is 68.1 Å². The molecule has 5 nitrogen and oxygen atoms in total. The third-order valence-corrected chi connectivity index (χ3v) is 5.44. The maximum Gasteiger partial charge on any atom is 0.387 e. The highest BCUT2D eigenvalue weighted by molar-refractivity contribution is 7.09. The zero-order valence-electron chi connectivity index (χ0n) is 13.9. The maximum atomic E-state index is 12.2. The lowest BCUT2D eigenvalue weighted by Crippen LogP contribution is -2.01. The van der Waals surface area contributed by atoms with Crippen molar-refractivity contribution in [3.8, 4) is 23.1 Å². The van der Waals surface area contributed by atoms with Gasteiger partial charge in [-0.05, 0) is 60.4 Å². The molecule has 0 saturated heterocycles. The number of aryl methyl sites for hydroxylation is 1. The van der Waals surface area contributed by atoms with Gasteiger partial charge in [0.2, 0.25) is 5.88 Å². The molecule has 0 radical (unpaired) electrons. The number of hydrogen-bond donors (Lipinski definition) is 2. The first-order valence-electron chi connectivity index (χ1n) is 8.27. The molecule has 0 spiro atoms. The quantitative estimate of drug-likeness (QED) is 0.666. The van der Waals surface area contributed by atoms with E-state index in [0.29, 0.717) is 16.4 Å². The molecule has 3 aromatic rings. The first-order valence-corrected chi connectivity index (χ1v) is 9.09. The average Bonchev–Trinajstić information content (AvgIpc) is 3.18. The number of nitrogens with one attached hydrogen (secondary N) is 1. The van der Waals surface area contributed by atoms with Crippen LogP contribution in [0.3, 0.4) is 0 Å². The Balaban J connectivity index is 1.52. The zero-order valence-corrected chi connectivity index (χ0v) is 14.8. The van der Waals surface area contributed by atoms with Crippen LogP contribution in [-0.2, 0) is 6.42 Å². The lowest BCUT2D eigenvalue weighted by Gasteiger charge is -2.11. The number of aromatic nitrogens is 1. The van der Waals surface area contributed by atoms with Gasteiger partial charge in [0.05, 0.1) is 4.88 Å². The van der Waals surface area contributed by atoms with Crippen molar-refractivity contribution < 1.29 is 23.4 Å². The standard InChI is InChI=1S/C19H15F2NO4S/c20-18(21)26-12-4-2-11(3-5-12)25-13-6-8-14-10(9-13)1-7-15(14)16-17(23)22-19(24)27-16/h2-6,8-9,15,18,23H,1,7H2,(H,22,24)/t15-/m1/s1. The van der Waals surface area contributed by atoms with E-state index in [1.165, 1.54) is 12.1 Å². The van der Waals surface area contributed by atoms with Gasteiger partial charge >= 0.3 is 11.5 Å². The molecule has 2 N–H and O–H groups in total. The molecule has 0 aliphatic heterocycles. The number of hydrogen-bond acceptors (Lipinski definition) is 5. The van der Waals surface area contributed by atoms with Crippen molar-refractivity contribution in [3.63, 3.8) is 0 Å². The van der Waals surface area contributed by atoms with E-state index in [2.05, 4.69) is 9.72 Å². The smallest absolute Gasteiger partial charge is 0.387 e. The van der Waals surface area contributed by atoms with Crippen LogP contribution in [0, 0.1) is 0 Å². The van der Waals surface area contributed by atoms with Crippen LogP contribution in [0.2, 0.25) is 0 Å². The van der Waals surface area contributed by atoms with Crippen LogP contribution in [0.15, 0.2) is 47.3 Å². The molecule has 140 valence electrons. The number of halogens is 2. The van der Waals surface area contributed by atoms with Gasteiger partial charge in [0.25, 0.3) is 0 Å². The van der Waals surface area contributed by atoms with Gasteiger partial charge in [-0.3, -0.25) is 9.78 Å². The summed E-state index contributed by atoms with van der Waals surface area (Å²) >= 11 is 1.03. The number of aromatic hydroxyl groups is 1. The fourth-order valence-electron chi connectivity index (χ4n) is 3.32. The van der Waals surface area contributed by atoms with Crippen LogP contribution >= 0.6 is 11.3 Å². The van der Waals surface area contributed by atoms with E-state index < -0.39 is 6.61 Å². The third kappa shape index (κ3) is 3.66. The van der Waals surface area contributed by atoms with Crippen molar-refractivity contribution in [1.29, 1.82) is 0 Å². The molecule has 0 saturated carbocycles. The second-order valence-electron chi connectivity index (χ2n) is 6.13. The minimum atomic E-state index is -2.86. The number of aromatic amines is 1. The number of ether oxygens (including phenoxy) is 2. The highest BCUT2D eigenvalue weighted by Gasteiger charge is 2.28. The van der Waals surface area contributed by atoms with Gasteiger partial charge in [0.15, 0.2) is 0 Å².